The molecule has 2 N–H and O–H groups in total. The van der Waals surface area contributed by atoms with Crippen LogP contribution in [-0.4, -0.2) is 47.6 Å². The molecule has 4 rings (SSSR count). The highest BCUT2D eigenvalue weighted by Gasteiger charge is 2.35. The van der Waals surface area contributed by atoms with Gasteiger partial charge in [-0.15, -0.1) is 11.3 Å². The molecule has 0 aliphatic carbocycles. The first kappa shape index (κ1) is 14.3. The second-order valence-corrected chi connectivity index (χ2v) is 6.71. The number of aliphatic carboxylic acids is 1. The summed E-state index contributed by atoms with van der Waals surface area (Å²) in [5.74, 6) is -0.430. The number of rotatable bonds is 4. The summed E-state index contributed by atoms with van der Waals surface area (Å²) in [4.78, 5) is 26.6. The zero-order valence-electron chi connectivity index (χ0n) is 11.6. The number of carboxylic acid groups (broad SMARTS) is 1. The lowest BCUT2D eigenvalue weighted by Gasteiger charge is -2.44. The Hall–Kier alpha value is -1.66. The van der Waals surface area contributed by atoms with Crippen LogP contribution in [0.4, 0.5) is 0 Å². The third kappa shape index (κ3) is 3.33. The number of hydrogen-bond donors (Lipinski definition) is 2. The average molecular weight is 306 g/mol. The largest absolute Gasteiger partial charge is 0.478 e. The van der Waals surface area contributed by atoms with Crippen LogP contribution in [0.2, 0.25) is 0 Å². The van der Waals surface area contributed by atoms with E-state index >= 15 is 0 Å². The molecule has 1 unspecified atom stereocenters. The van der Waals surface area contributed by atoms with Crippen molar-refractivity contribution in [3.63, 3.8) is 0 Å². The fourth-order valence-electron chi connectivity index (χ4n) is 3.09. The molecule has 112 valence electrons. The topological polar surface area (TPSA) is 69.6 Å². The number of amides is 1. The molecule has 3 fully saturated rings. The summed E-state index contributed by atoms with van der Waals surface area (Å²) in [6.45, 7) is 3.26. The summed E-state index contributed by atoms with van der Waals surface area (Å²) >= 11 is 1.32. The summed E-state index contributed by atoms with van der Waals surface area (Å²) in [5, 5.41) is 11.7. The van der Waals surface area contributed by atoms with Crippen LogP contribution in [0.1, 0.15) is 27.4 Å². The highest BCUT2D eigenvalue weighted by atomic mass is 32.1. The van der Waals surface area contributed by atoms with Crippen LogP contribution in [0.25, 0.3) is 6.08 Å². The molecular weight excluding hydrogens is 288 g/mol. The third-order valence-electron chi connectivity index (χ3n) is 4.21. The molecule has 1 amide bonds. The predicted molar refractivity (Wildman–Crippen MR) is 81.4 cm³/mol. The number of thiophene rings is 1. The van der Waals surface area contributed by atoms with Crippen LogP contribution in [0.15, 0.2) is 18.2 Å². The summed E-state index contributed by atoms with van der Waals surface area (Å²) in [5.41, 5.74) is 0. The summed E-state index contributed by atoms with van der Waals surface area (Å²) in [6.07, 6.45) is 4.93. The van der Waals surface area contributed by atoms with Crippen molar-refractivity contribution in [1.29, 1.82) is 0 Å². The molecule has 3 saturated heterocycles. The van der Waals surface area contributed by atoms with Crippen LogP contribution in [0.3, 0.4) is 0 Å². The van der Waals surface area contributed by atoms with E-state index in [0.717, 1.165) is 30.6 Å². The standard InChI is InChI=1S/C15H18N2O3S/c18-14(19)4-2-11-1-3-13(21-11)15(20)16-12-9-17-7-5-10(12)6-8-17/h1-4,10,12H,5-9H2,(H,16,20)(H,18,19). The lowest BCUT2D eigenvalue weighted by molar-refractivity contribution is -0.131. The molecule has 0 saturated carbocycles. The van der Waals surface area contributed by atoms with Crippen LogP contribution < -0.4 is 5.32 Å². The molecule has 0 aromatic carbocycles. The first-order chi connectivity index (χ1) is 10.1. The van der Waals surface area contributed by atoms with E-state index in [1.54, 1.807) is 12.1 Å². The van der Waals surface area contributed by atoms with Gasteiger partial charge in [0.15, 0.2) is 0 Å². The highest BCUT2D eigenvalue weighted by molar-refractivity contribution is 7.14. The minimum Gasteiger partial charge on any atom is -0.478 e. The maximum Gasteiger partial charge on any atom is 0.328 e. The van der Waals surface area contributed by atoms with Gasteiger partial charge in [-0.2, -0.15) is 0 Å². The van der Waals surface area contributed by atoms with Crippen LogP contribution >= 0.6 is 11.3 Å². The van der Waals surface area contributed by atoms with Crippen molar-refractivity contribution >= 4 is 29.3 Å². The van der Waals surface area contributed by atoms with Crippen molar-refractivity contribution in [3.8, 4) is 0 Å². The molecule has 5 nitrogen and oxygen atoms in total. The van der Waals surface area contributed by atoms with Gasteiger partial charge in [-0.25, -0.2) is 4.79 Å². The fourth-order valence-corrected chi connectivity index (χ4v) is 3.90. The van der Waals surface area contributed by atoms with Crippen molar-refractivity contribution in [3.05, 3.63) is 28.0 Å². The van der Waals surface area contributed by atoms with E-state index in [-0.39, 0.29) is 11.9 Å². The first-order valence-electron chi connectivity index (χ1n) is 7.16. The molecule has 0 radical (unpaired) electrons. The number of fused-ring (bicyclic) bond motifs is 3. The van der Waals surface area contributed by atoms with Gasteiger partial charge in [0.25, 0.3) is 5.91 Å². The Bertz CT molecular complexity index is 573. The van der Waals surface area contributed by atoms with Gasteiger partial charge in [-0.05, 0) is 50.1 Å². The number of nitrogens with zero attached hydrogens (tertiary/aromatic N) is 1. The molecule has 2 bridgehead atoms. The number of nitrogens with one attached hydrogen (secondary N) is 1. The van der Waals surface area contributed by atoms with Gasteiger partial charge in [0.1, 0.15) is 0 Å². The molecular formula is C15H18N2O3S. The van der Waals surface area contributed by atoms with Gasteiger partial charge >= 0.3 is 5.97 Å². The lowest BCUT2D eigenvalue weighted by atomic mass is 9.84. The van der Waals surface area contributed by atoms with Crippen molar-refractivity contribution in [1.82, 2.24) is 10.2 Å². The second kappa shape index (κ2) is 5.99. The van der Waals surface area contributed by atoms with Gasteiger partial charge in [0.2, 0.25) is 0 Å². The van der Waals surface area contributed by atoms with Gasteiger partial charge < -0.3 is 15.3 Å². The van der Waals surface area contributed by atoms with Crippen molar-refractivity contribution in [2.24, 2.45) is 5.92 Å². The van der Waals surface area contributed by atoms with Crippen molar-refractivity contribution < 1.29 is 14.7 Å². The van der Waals surface area contributed by atoms with E-state index in [9.17, 15) is 9.59 Å². The lowest BCUT2D eigenvalue weighted by Crippen LogP contribution is -2.57. The number of piperidine rings is 3. The molecule has 3 aliphatic rings. The first-order valence-corrected chi connectivity index (χ1v) is 7.97. The Labute approximate surface area is 127 Å². The number of carbonyl (C=O) groups is 2. The molecule has 1 aromatic rings. The van der Waals surface area contributed by atoms with E-state index in [1.165, 1.54) is 30.3 Å². The maximum absolute atomic E-state index is 12.3. The maximum atomic E-state index is 12.3. The smallest absolute Gasteiger partial charge is 0.328 e. The molecule has 21 heavy (non-hydrogen) atoms. The van der Waals surface area contributed by atoms with Gasteiger partial charge in [-0.3, -0.25) is 4.79 Å². The molecule has 3 aliphatic heterocycles. The van der Waals surface area contributed by atoms with E-state index in [2.05, 4.69) is 10.2 Å². The summed E-state index contributed by atoms with van der Waals surface area (Å²) < 4.78 is 0. The summed E-state index contributed by atoms with van der Waals surface area (Å²) in [6, 6.07) is 3.78. The Morgan fingerprint density at radius 1 is 1.33 bits per heavy atom. The Balaban J connectivity index is 1.62. The predicted octanol–water partition coefficient (Wildman–Crippen LogP) is 1.67. The molecule has 6 heteroatoms. The minimum atomic E-state index is -0.985. The highest BCUT2D eigenvalue weighted by Crippen LogP contribution is 2.28. The quantitative estimate of drug-likeness (QED) is 0.830. The Kier molecular flexibility index (Phi) is 4.07. The van der Waals surface area contributed by atoms with Gasteiger partial charge in [0, 0.05) is 23.5 Å². The van der Waals surface area contributed by atoms with E-state index in [1.807, 2.05) is 0 Å². The normalized spacial score (nSPS) is 27.9. The Morgan fingerprint density at radius 3 is 2.71 bits per heavy atom. The van der Waals surface area contributed by atoms with E-state index in [0.29, 0.717) is 10.8 Å². The van der Waals surface area contributed by atoms with Gasteiger partial charge in [-0.1, -0.05) is 0 Å². The van der Waals surface area contributed by atoms with Crippen LogP contribution in [0, 0.1) is 5.92 Å². The van der Waals surface area contributed by atoms with E-state index < -0.39 is 5.97 Å². The number of carboxylic acids is 1. The van der Waals surface area contributed by atoms with Gasteiger partial charge in [0.05, 0.1) is 4.88 Å². The SMILES string of the molecule is O=C(O)C=Cc1ccc(C(=O)NC2CN3CCC2CC3)s1. The molecule has 1 atom stereocenters. The zero-order chi connectivity index (χ0) is 14.8. The number of hydrogen-bond acceptors (Lipinski definition) is 4. The monoisotopic (exact) mass is 306 g/mol. The van der Waals surface area contributed by atoms with Crippen molar-refractivity contribution in [2.75, 3.05) is 19.6 Å². The zero-order valence-corrected chi connectivity index (χ0v) is 12.4. The number of carbonyl (C=O) groups excluding carboxylic acids is 1. The molecule has 4 heterocycles. The Morgan fingerprint density at radius 2 is 2.10 bits per heavy atom. The minimum absolute atomic E-state index is 0.0475. The van der Waals surface area contributed by atoms with Crippen LogP contribution in [0.5, 0.6) is 0 Å². The third-order valence-corrected chi connectivity index (χ3v) is 5.26. The average Bonchev–Trinajstić information content (AvgIpc) is 2.95. The molecule has 0 spiro atoms. The van der Waals surface area contributed by atoms with E-state index in [4.69, 9.17) is 5.11 Å². The van der Waals surface area contributed by atoms with Crippen molar-refractivity contribution in [2.45, 2.75) is 18.9 Å². The summed E-state index contributed by atoms with van der Waals surface area (Å²) in [7, 11) is 0. The molecule has 1 aromatic heterocycles. The van der Waals surface area contributed by atoms with Crippen LogP contribution in [-0.2, 0) is 4.79 Å². The fraction of sp³-hybridized carbons (Fsp3) is 0.467. The second-order valence-electron chi connectivity index (χ2n) is 5.59.